The molecule has 2 aliphatic rings. The number of hydrogen-bond donors (Lipinski definition) is 1. The van der Waals surface area contributed by atoms with Gasteiger partial charge in [0.25, 0.3) is 0 Å². The van der Waals surface area contributed by atoms with Gasteiger partial charge in [-0.25, -0.2) is 0 Å². The van der Waals surface area contributed by atoms with E-state index in [0.717, 1.165) is 12.1 Å². The van der Waals surface area contributed by atoms with Crippen molar-refractivity contribution in [3.8, 4) is 0 Å². The smallest absolute Gasteiger partial charge is 0.0350 e. The number of aryl methyl sites for hydroxylation is 1. The van der Waals surface area contributed by atoms with Crippen LogP contribution in [-0.2, 0) is 6.42 Å². The summed E-state index contributed by atoms with van der Waals surface area (Å²) >= 11 is 0. The minimum absolute atomic E-state index is 0.649. The molecule has 3 rings (SSSR count). The fourth-order valence-corrected chi connectivity index (χ4v) is 4.18. The lowest BCUT2D eigenvalue weighted by Crippen LogP contribution is -2.42. The Labute approximate surface area is 123 Å². The Morgan fingerprint density at radius 2 is 1.80 bits per heavy atom. The molecule has 1 aromatic rings. The first-order chi connectivity index (χ1) is 9.79. The van der Waals surface area contributed by atoms with Crippen molar-refractivity contribution in [3.63, 3.8) is 0 Å². The fraction of sp³-hybridized carbons (Fsp3) is 0.667. The zero-order valence-corrected chi connectivity index (χ0v) is 12.9. The van der Waals surface area contributed by atoms with E-state index < -0.39 is 0 Å². The standard InChI is InChI=1S/C18H28N2/c1-19-15-10-12-16(13-11-15)20(2)18-9-5-7-14-6-3-4-8-17(14)18/h3-4,6,8,15-16,18-19H,5,7,9-13H2,1-2H3. The van der Waals surface area contributed by atoms with Crippen molar-refractivity contribution in [2.75, 3.05) is 14.1 Å². The van der Waals surface area contributed by atoms with Gasteiger partial charge in [-0.2, -0.15) is 0 Å². The molecule has 0 radical (unpaired) electrons. The van der Waals surface area contributed by atoms with Gasteiger partial charge in [-0.3, -0.25) is 4.90 Å². The molecule has 0 spiro atoms. The molecule has 0 heterocycles. The second-order valence-corrected chi connectivity index (χ2v) is 6.57. The largest absolute Gasteiger partial charge is 0.317 e. The Bertz CT molecular complexity index is 435. The molecule has 2 aliphatic carbocycles. The molecule has 110 valence electrons. The average molecular weight is 272 g/mol. The Kier molecular flexibility index (Phi) is 4.42. The van der Waals surface area contributed by atoms with Gasteiger partial charge in [0.05, 0.1) is 0 Å². The minimum atomic E-state index is 0.649. The maximum atomic E-state index is 3.44. The van der Waals surface area contributed by atoms with E-state index in [1.807, 2.05) is 0 Å². The molecule has 1 N–H and O–H groups in total. The molecule has 0 aliphatic heterocycles. The van der Waals surface area contributed by atoms with Crippen molar-refractivity contribution in [1.29, 1.82) is 0 Å². The molecule has 1 atom stereocenters. The Morgan fingerprint density at radius 3 is 2.55 bits per heavy atom. The molecule has 20 heavy (non-hydrogen) atoms. The van der Waals surface area contributed by atoms with E-state index in [1.54, 1.807) is 11.1 Å². The lowest BCUT2D eigenvalue weighted by Gasteiger charge is -2.41. The monoisotopic (exact) mass is 272 g/mol. The van der Waals surface area contributed by atoms with Gasteiger partial charge in [0, 0.05) is 18.1 Å². The quantitative estimate of drug-likeness (QED) is 0.905. The van der Waals surface area contributed by atoms with E-state index in [9.17, 15) is 0 Å². The summed E-state index contributed by atoms with van der Waals surface area (Å²) in [7, 11) is 4.46. The number of hydrogen-bond acceptors (Lipinski definition) is 2. The summed E-state index contributed by atoms with van der Waals surface area (Å²) in [4.78, 5) is 2.68. The number of benzene rings is 1. The summed E-state index contributed by atoms with van der Waals surface area (Å²) in [5.41, 5.74) is 3.18. The van der Waals surface area contributed by atoms with Crippen molar-refractivity contribution in [2.45, 2.75) is 63.1 Å². The molecule has 0 aromatic heterocycles. The summed E-state index contributed by atoms with van der Waals surface area (Å²) in [6.45, 7) is 0. The highest BCUT2D eigenvalue weighted by atomic mass is 15.2. The van der Waals surface area contributed by atoms with Crippen LogP contribution in [0.4, 0.5) is 0 Å². The van der Waals surface area contributed by atoms with Crippen LogP contribution in [0.5, 0.6) is 0 Å². The van der Waals surface area contributed by atoms with Crippen LogP contribution in [0.2, 0.25) is 0 Å². The molecule has 1 fully saturated rings. The van der Waals surface area contributed by atoms with Gasteiger partial charge >= 0.3 is 0 Å². The topological polar surface area (TPSA) is 15.3 Å². The maximum absolute atomic E-state index is 3.44. The average Bonchev–Trinajstić information content (AvgIpc) is 2.54. The van der Waals surface area contributed by atoms with Gasteiger partial charge in [0.2, 0.25) is 0 Å². The molecule has 1 saturated carbocycles. The van der Waals surface area contributed by atoms with Crippen molar-refractivity contribution >= 4 is 0 Å². The summed E-state index contributed by atoms with van der Waals surface area (Å²) in [6.07, 6.45) is 9.31. The fourth-order valence-electron chi connectivity index (χ4n) is 4.18. The lowest BCUT2D eigenvalue weighted by atomic mass is 9.84. The third kappa shape index (κ3) is 2.77. The van der Waals surface area contributed by atoms with Crippen LogP contribution in [0.25, 0.3) is 0 Å². The Balaban J connectivity index is 1.71. The van der Waals surface area contributed by atoms with Crippen molar-refractivity contribution in [2.24, 2.45) is 0 Å². The first-order valence-electron chi connectivity index (χ1n) is 8.26. The predicted molar refractivity (Wildman–Crippen MR) is 85.0 cm³/mol. The van der Waals surface area contributed by atoms with Gasteiger partial charge in [0.15, 0.2) is 0 Å². The van der Waals surface area contributed by atoms with E-state index in [1.165, 1.54) is 44.9 Å². The summed E-state index contributed by atoms with van der Waals surface area (Å²) in [6, 6.07) is 11.3. The second kappa shape index (κ2) is 6.28. The number of fused-ring (bicyclic) bond motifs is 1. The van der Waals surface area contributed by atoms with Gasteiger partial charge in [0.1, 0.15) is 0 Å². The van der Waals surface area contributed by atoms with Crippen LogP contribution < -0.4 is 5.32 Å². The van der Waals surface area contributed by atoms with Crippen LogP contribution in [0.1, 0.15) is 55.7 Å². The molecule has 2 nitrogen and oxygen atoms in total. The Morgan fingerprint density at radius 1 is 1.05 bits per heavy atom. The zero-order chi connectivity index (χ0) is 13.9. The van der Waals surface area contributed by atoms with Gasteiger partial charge < -0.3 is 5.32 Å². The summed E-state index contributed by atoms with van der Waals surface area (Å²) in [5.74, 6) is 0. The third-order valence-corrected chi connectivity index (χ3v) is 5.51. The first-order valence-corrected chi connectivity index (χ1v) is 8.26. The van der Waals surface area contributed by atoms with Gasteiger partial charge in [-0.15, -0.1) is 0 Å². The Hall–Kier alpha value is -0.860. The van der Waals surface area contributed by atoms with Crippen LogP contribution in [-0.4, -0.2) is 31.1 Å². The third-order valence-electron chi connectivity index (χ3n) is 5.51. The molecule has 1 unspecified atom stereocenters. The SMILES string of the molecule is CNC1CCC(N(C)C2CCCc3ccccc32)CC1. The van der Waals surface area contributed by atoms with Crippen molar-refractivity contribution < 1.29 is 0 Å². The van der Waals surface area contributed by atoms with E-state index in [-0.39, 0.29) is 0 Å². The highest BCUT2D eigenvalue weighted by molar-refractivity contribution is 5.32. The predicted octanol–water partition coefficient (Wildman–Crippen LogP) is 3.53. The normalized spacial score (nSPS) is 30.2. The van der Waals surface area contributed by atoms with E-state index in [0.29, 0.717) is 6.04 Å². The van der Waals surface area contributed by atoms with E-state index >= 15 is 0 Å². The molecular formula is C18H28N2. The number of nitrogens with zero attached hydrogens (tertiary/aromatic N) is 1. The first kappa shape index (κ1) is 14.1. The summed E-state index contributed by atoms with van der Waals surface area (Å²) < 4.78 is 0. The van der Waals surface area contributed by atoms with Crippen LogP contribution in [0, 0.1) is 0 Å². The molecule has 0 bridgehead atoms. The minimum Gasteiger partial charge on any atom is -0.317 e. The van der Waals surface area contributed by atoms with Crippen molar-refractivity contribution in [1.82, 2.24) is 10.2 Å². The highest BCUT2D eigenvalue weighted by Gasteiger charge is 2.30. The van der Waals surface area contributed by atoms with E-state index in [2.05, 4.69) is 48.6 Å². The second-order valence-electron chi connectivity index (χ2n) is 6.57. The zero-order valence-electron chi connectivity index (χ0n) is 12.9. The van der Waals surface area contributed by atoms with Crippen LogP contribution in [0.15, 0.2) is 24.3 Å². The number of nitrogens with one attached hydrogen (secondary N) is 1. The molecule has 0 amide bonds. The molecule has 0 saturated heterocycles. The lowest BCUT2D eigenvalue weighted by molar-refractivity contribution is 0.117. The van der Waals surface area contributed by atoms with Crippen LogP contribution >= 0.6 is 0 Å². The highest BCUT2D eigenvalue weighted by Crippen LogP contribution is 2.36. The molecule has 1 aromatic carbocycles. The number of rotatable bonds is 3. The van der Waals surface area contributed by atoms with Crippen molar-refractivity contribution in [3.05, 3.63) is 35.4 Å². The van der Waals surface area contributed by atoms with Gasteiger partial charge in [-0.05, 0) is 70.2 Å². The summed E-state index contributed by atoms with van der Waals surface area (Å²) in [5, 5.41) is 3.44. The molecule has 2 heteroatoms. The van der Waals surface area contributed by atoms with E-state index in [4.69, 9.17) is 0 Å². The van der Waals surface area contributed by atoms with Gasteiger partial charge in [-0.1, -0.05) is 24.3 Å². The maximum Gasteiger partial charge on any atom is 0.0350 e. The van der Waals surface area contributed by atoms with Crippen LogP contribution in [0.3, 0.4) is 0 Å². The molecular weight excluding hydrogens is 244 g/mol.